The lowest BCUT2D eigenvalue weighted by Gasteiger charge is -2.21. The summed E-state index contributed by atoms with van der Waals surface area (Å²) in [5.41, 5.74) is 0.714. The largest absolute Gasteiger partial charge is 0.369 e. The SMILES string of the molecule is O=c1cc(CNC2CC2)nc(C2CSCCO2)[nH]1. The van der Waals surface area contributed by atoms with Gasteiger partial charge in [-0.15, -0.1) is 0 Å². The summed E-state index contributed by atoms with van der Waals surface area (Å²) in [7, 11) is 0. The molecule has 3 rings (SSSR count). The van der Waals surface area contributed by atoms with Crippen molar-refractivity contribution in [2.24, 2.45) is 0 Å². The molecule has 2 heterocycles. The van der Waals surface area contributed by atoms with Crippen LogP contribution in [-0.2, 0) is 11.3 Å². The highest BCUT2D eigenvalue weighted by Gasteiger charge is 2.22. The number of aromatic nitrogens is 2. The molecule has 0 spiro atoms. The number of aromatic amines is 1. The van der Waals surface area contributed by atoms with Gasteiger partial charge in [-0.05, 0) is 12.8 Å². The van der Waals surface area contributed by atoms with Gasteiger partial charge in [0.15, 0.2) is 0 Å². The van der Waals surface area contributed by atoms with Crippen molar-refractivity contribution in [3.63, 3.8) is 0 Å². The topological polar surface area (TPSA) is 67.0 Å². The third-order valence-electron chi connectivity index (χ3n) is 3.08. The third-order valence-corrected chi connectivity index (χ3v) is 4.08. The highest BCUT2D eigenvalue weighted by atomic mass is 32.2. The molecule has 0 radical (unpaired) electrons. The van der Waals surface area contributed by atoms with Crippen molar-refractivity contribution in [3.05, 3.63) is 27.9 Å². The second kappa shape index (κ2) is 5.42. The van der Waals surface area contributed by atoms with Crippen LogP contribution in [0, 0.1) is 0 Å². The van der Waals surface area contributed by atoms with Gasteiger partial charge in [-0.25, -0.2) is 4.98 Å². The molecular weight excluding hydrogens is 250 g/mol. The van der Waals surface area contributed by atoms with Gasteiger partial charge in [-0.3, -0.25) is 4.79 Å². The first-order valence-electron chi connectivity index (χ1n) is 6.34. The zero-order valence-corrected chi connectivity index (χ0v) is 11.0. The Morgan fingerprint density at radius 3 is 3.17 bits per heavy atom. The van der Waals surface area contributed by atoms with Crippen LogP contribution in [0.5, 0.6) is 0 Å². The normalized spacial score (nSPS) is 24.1. The molecule has 1 saturated carbocycles. The summed E-state index contributed by atoms with van der Waals surface area (Å²) in [6.45, 7) is 1.39. The summed E-state index contributed by atoms with van der Waals surface area (Å²) in [6, 6.07) is 2.19. The predicted octanol–water partition coefficient (Wildman–Crippen LogP) is 0.826. The first-order chi connectivity index (χ1) is 8.81. The lowest BCUT2D eigenvalue weighted by Crippen LogP contribution is -2.24. The third kappa shape index (κ3) is 3.13. The van der Waals surface area contributed by atoms with Crippen LogP contribution in [0.4, 0.5) is 0 Å². The van der Waals surface area contributed by atoms with Crippen LogP contribution in [0.3, 0.4) is 0 Å². The Morgan fingerprint density at radius 1 is 1.56 bits per heavy atom. The molecule has 1 atom stereocenters. The van der Waals surface area contributed by atoms with Crippen LogP contribution >= 0.6 is 11.8 Å². The molecule has 2 fully saturated rings. The number of nitrogens with one attached hydrogen (secondary N) is 2. The fourth-order valence-electron chi connectivity index (χ4n) is 1.95. The molecule has 2 N–H and O–H groups in total. The standard InChI is InChI=1S/C12H17N3O2S/c16-11-5-9(6-13-8-1-2-8)14-12(15-11)10-7-18-4-3-17-10/h5,8,10,13H,1-4,6-7H2,(H,14,15,16). The molecule has 18 heavy (non-hydrogen) atoms. The number of rotatable bonds is 4. The Hall–Kier alpha value is -0.850. The van der Waals surface area contributed by atoms with Gasteiger partial charge >= 0.3 is 0 Å². The van der Waals surface area contributed by atoms with Crippen LogP contribution in [0.25, 0.3) is 0 Å². The van der Waals surface area contributed by atoms with Gasteiger partial charge in [-0.2, -0.15) is 11.8 Å². The van der Waals surface area contributed by atoms with Crippen molar-refractivity contribution in [3.8, 4) is 0 Å². The van der Waals surface area contributed by atoms with Crippen molar-refractivity contribution in [2.75, 3.05) is 18.1 Å². The lowest BCUT2D eigenvalue weighted by atomic mass is 10.3. The summed E-state index contributed by atoms with van der Waals surface area (Å²) in [4.78, 5) is 18.9. The Morgan fingerprint density at radius 2 is 2.44 bits per heavy atom. The summed E-state index contributed by atoms with van der Waals surface area (Å²) < 4.78 is 5.64. The Bertz CT molecular complexity index is 467. The van der Waals surface area contributed by atoms with E-state index in [4.69, 9.17) is 4.74 Å². The van der Waals surface area contributed by atoms with E-state index in [1.54, 1.807) is 6.07 Å². The molecule has 0 aromatic carbocycles. The molecule has 6 heteroatoms. The van der Waals surface area contributed by atoms with Gasteiger partial charge in [0, 0.05) is 30.2 Å². The smallest absolute Gasteiger partial charge is 0.251 e. The fraction of sp³-hybridized carbons (Fsp3) is 0.667. The van der Waals surface area contributed by atoms with Gasteiger partial charge in [0.25, 0.3) is 5.56 Å². The van der Waals surface area contributed by atoms with E-state index in [0.717, 1.165) is 23.8 Å². The Kier molecular flexibility index (Phi) is 3.67. The van der Waals surface area contributed by atoms with Gasteiger partial charge in [-0.1, -0.05) is 0 Å². The van der Waals surface area contributed by atoms with Crippen LogP contribution in [0.2, 0.25) is 0 Å². The number of hydrogen-bond donors (Lipinski definition) is 2. The molecule has 0 bridgehead atoms. The maximum absolute atomic E-state index is 11.6. The molecule has 1 unspecified atom stereocenters. The van der Waals surface area contributed by atoms with E-state index < -0.39 is 0 Å². The van der Waals surface area contributed by atoms with Crippen molar-refractivity contribution in [2.45, 2.75) is 31.5 Å². The van der Waals surface area contributed by atoms with Gasteiger partial charge in [0.1, 0.15) is 11.9 Å². The molecule has 1 aromatic heterocycles. The highest BCUT2D eigenvalue weighted by Crippen LogP contribution is 2.23. The maximum atomic E-state index is 11.6. The molecule has 2 aliphatic rings. The van der Waals surface area contributed by atoms with E-state index in [2.05, 4.69) is 15.3 Å². The summed E-state index contributed by atoms with van der Waals surface area (Å²) in [6.07, 6.45) is 2.40. The number of ether oxygens (including phenoxy) is 1. The minimum atomic E-state index is -0.0910. The van der Waals surface area contributed by atoms with Crippen LogP contribution in [0.1, 0.15) is 30.5 Å². The molecule has 98 valence electrons. The predicted molar refractivity (Wildman–Crippen MR) is 70.7 cm³/mol. The average molecular weight is 267 g/mol. The van der Waals surface area contributed by atoms with Gasteiger partial charge in [0.05, 0.1) is 12.3 Å². The number of H-pyrrole nitrogens is 1. The van der Waals surface area contributed by atoms with E-state index in [1.165, 1.54) is 12.8 Å². The molecule has 1 saturated heterocycles. The van der Waals surface area contributed by atoms with E-state index >= 15 is 0 Å². The lowest BCUT2D eigenvalue weighted by molar-refractivity contribution is 0.0690. The quantitative estimate of drug-likeness (QED) is 0.845. The highest BCUT2D eigenvalue weighted by molar-refractivity contribution is 7.99. The van der Waals surface area contributed by atoms with Crippen LogP contribution in [-0.4, -0.2) is 34.1 Å². The zero-order chi connectivity index (χ0) is 12.4. The number of thioether (sulfide) groups is 1. The van der Waals surface area contributed by atoms with Crippen molar-refractivity contribution in [1.29, 1.82) is 0 Å². The van der Waals surface area contributed by atoms with Gasteiger partial charge in [0.2, 0.25) is 0 Å². The van der Waals surface area contributed by atoms with E-state index in [-0.39, 0.29) is 11.7 Å². The molecule has 1 aromatic rings. The molecule has 5 nitrogen and oxygen atoms in total. The Balaban J connectivity index is 1.73. The Labute approximate surface area is 110 Å². The first-order valence-corrected chi connectivity index (χ1v) is 7.49. The second-order valence-electron chi connectivity index (χ2n) is 4.71. The van der Waals surface area contributed by atoms with Crippen LogP contribution < -0.4 is 10.9 Å². The molecular formula is C12H17N3O2S. The molecule has 1 aliphatic carbocycles. The minimum absolute atomic E-state index is 0.0719. The van der Waals surface area contributed by atoms with E-state index in [1.807, 2.05) is 11.8 Å². The fourth-order valence-corrected chi connectivity index (χ4v) is 2.80. The molecule has 1 aliphatic heterocycles. The molecule has 0 amide bonds. The average Bonchev–Trinajstić information content (AvgIpc) is 3.21. The number of nitrogens with zero attached hydrogens (tertiary/aromatic N) is 1. The summed E-state index contributed by atoms with van der Waals surface area (Å²) in [5.74, 6) is 2.55. The van der Waals surface area contributed by atoms with Crippen molar-refractivity contribution in [1.82, 2.24) is 15.3 Å². The number of hydrogen-bond acceptors (Lipinski definition) is 5. The minimum Gasteiger partial charge on any atom is -0.369 e. The van der Waals surface area contributed by atoms with Gasteiger partial charge < -0.3 is 15.0 Å². The monoisotopic (exact) mass is 267 g/mol. The van der Waals surface area contributed by atoms with E-state index in [9.17, 15) is 4.79 Å². The summed E-state index contributed by atoms with van der Waals surface area (Å²) >= 11 is 1.84. The van der Waals surface area contributed by atoms with Crippen molar-refractivity contribution < 1.29 is 4.74 Å². The van der Waals surface area contributed by atoms with Crippen molar-refractivity contribution >= 4 is 11.8 Å². The van der Waals surface area contributed by atoms with Crippen LogP contribution in [0.15, 0.2) is 10.9 Å². The summed E-state index contributed by atoms with van der Waals surface area (Å²) in [5, 5.41) is 3.37. The zero-order valence-electron chi connectivity index (χ0n) is 10.1. The first kappa shape index (κ1) is 12.2. The second-order valence-corrected chi connectivity index (χ2v) is 5.86. The maximum Gasteiger partial charge on any atom is 0.251 e. The van der Waals surface area contributed by atoms with E-state index in [0.29, 0.717) is 18.4 Å².